The van der Waals surface area contributed by atoms with Gasteiger partial charge in [-0.15, -0.1) is 11.3 Å². The fourth-order valence-corrected chi connectivity index (χ4v) is 2.54. The van der Waals surface area contributed by atoms with Gasteiger partial charge >= 0.3 is 0 Å². The van der Waals surface area contributed by atoms with Crippen molar-refractivity contribution in [3.63, 3.8) is 0 Å². The lowest BCUT2D eigenvalue weighted by Crippen LogP contribution is -1.86. The first-order valence-corrected chi connectivity index (χ1v) is 5.45. The van der Waals surface area contributed by atoms with Crippen LogP contribution in [0.2, 0.25) is 0 Å². The molecule has 0 saturated carbocycles. The summed E-state index contributed by atoms with van der Waals surface area (Å²) < 4.78 is 0. The summed E-state index contributed by atoms with van der Waals surface area (Å²) in [4.78, 5) is 1.32. The number of hydrogen-bond acceptors (Lipinski definition) is 1. The first-order chi connectivity index (χ1) is 6.20. The minimum absolute atomic E-state index is 0.586. The normalized spacial score (nSPS) is 11.4. The Labute approximate surface area is 84.6 Å². The van der Waals surface area contributed by atoms with Gasteiger partial charge in [0, 0.05) is 4.88 Å². The van der Waals surface area contributed by atoms with Crippen molar-refractivity contribution in [3.05, 3.63) is 34.0 Å². The molecule has 0 unspecified atom stereocenters. The Morgan fingerprint density at radius 3 is 2.62 bits per heavy atom. The smallest absolute Gasteiger partial charge is 0.0342 e. The summed E-state index contributed by atoms with van der Waals surface area (Å²) in [5.74, 6) is 0.586. The van der Waals surface area contributed by atoms with Gasteiger partial charge in [0.05, 0.1) is 0 Å². The highest BCUT2D eigenvalue weighted by atomic mass is 32.1. The van der Waals surface area contributed by atoms with Gasteiger partial charge in [-0.1, -0.05) is 32.6 Å². The Balaban J connectivity index is 3.17. The third-order valence-electron chi connectivity index (χ3n) is 2.03. The lowest BCUT2D eigenvalue weighted by Gasteiger charge is -2.03. The van der Waals surface area contributed by atoms with Crippen LogP contribution < -0.4 is 0 Å². The molecule has 0 nitrogen and oxygen atoms in total. The van der Waals surface area contributed by atoms with E-state index in [-0.39, 0.29) is 0 Å². The molecule has 70 valence electrons. The number of allylic oxidation sites excluding steroid dienone is 1. The van der Waals surface area contributed by atoms with E-state index in [1.54, 1.807) is 11.3 Å². The lowest BCUT2D eigenvalue weighted by atomic mass is 10.0. The molecule has 0 aromatic carbocycles. The van der Waals surface area contributed by atoms with Crippen LogP contribution in [-0.4, -0.2) is 0 Å². The van der Waals surface area contributed by atoms with E-state index in [4.69, 9.17) is 0 Å². The molecule has 1 aromatic heterocycles. The summed E-state index contributed by atoms with van der Waals surface area (Å²) in [6, 6.07) is 0. The first-order valence-electron chi connectivity index (χ1n) is 4.57. The molecule has 0 N–H and O–H groups in total. The van der Waals surface area contributed by atoms with Gasteiger partial charge in [-0.3, -0.25) is 0 Å². The van der Waals surface area contributed by atoms with E-state index in [0.29, 0.717) is 5.92 Å². The summed E-state index contributed by atoms with van der Waals surface area (Å²) in [7, 11) is 0. The van der Waals surface area contributed by atoms with Gasteiger partial charge < -0.3 is 0 Å². The van der Waals surface area contributed by atoms with Crippen LogP contribution in [0.3, 0.4) is 0 Å². The van der Waals surface area contributed by atoms with E-state index in [2.05, 4.69) is 38.0 Å². The maximum absolute atomic E-state index is 3.86. The molecule has 1 aromatic rings. The van der Waals surface area contributed by atoms with E-state index in [1.807, 2.05) is 13.0 Å². The standard InChI is InChI=1S/C12H16S/c1-5-7-12-10(6-2)11(8-13-12)9(3)4/h5-9H,2H2,1,3-4H3/b7-5-. The third-order valence-corrected chi connectivity index (χ3v) is 3.02. The first kappa shape index (κ1) is 10.3. The minimum Gasteiger partial charge on any atom is -0.144 e. The quantitative estimate of drug-likeness (QED) is 0.659. The molecule has 0 fully saturated rings. The SMILES string of the molecule is C=Cc1c(C(C)C)csc1/C=C\C. The Morgan fingerprint density at radius 2 is 2.15 bits per heavy atom. The van der Waals surface area contributed by atoms with E-state index in [1.165, 1.54) is 16.0 Å². The number of thiophene rings is 1. The Bertz CT molecular complexity index is 316. The van der Waals surface area contributed by atoms with Gasteiger partial charge in [0.1, 0.15) is 0 Å². The second-order valence-corrected chi connectivity index (χ2v) is 4.24. The molecule has 0 atom stereocenters. The van der Waals surface area contributed by atoms with Crippen LogP contribution in [0.15, 0.2) is 18.0 Å². The van der Waals surface area contributed by atoms with Crippen LogP contribution in [0.5, 0.6) is 0 Å². The molecule has 13 heavy (non-hydrogen) atoms. The average Bonchev–Trinajstić information content (AvgIpc) is 2.48. The molecule has 0 bridgehead atoms. The van der Waals surface area contributed by atoms with E-state index >= 15 is 0 Å². The number of hydrogen-bond donors (Lipinski definition) is 0. The van der Waals surface area contributed by atoms with Crippen molar-refractivity contribution >= 4 is 23.5 Å². The van der Waals surface area contributed by atoms with Gasteiger partial charge in [0.2, 0.25) is 0 Å². The predicted molar refractivity (Wildman–Crippen MR) is 63.2 cm³/mol. The highest BCUT2D eigenvalue weighted by molar-refractivity contribution is 7.11. The van der Waals surface area contributed by atoms with Crippen LogP contribution >= 0.6 is 11.3 Å². The van der Waals surface area contributed by atoms with Crippen molar-refractivity contribution in [1.29, 1.82) is 0 Å². The van der Waals surface area contributed by atoms with Crippen LogP contribution in [0.4, 0.5) is 0 Å². The fraction of sp³-hybridized carbons (Fsp3) is 0.333. The van der Waals surface area contributed by atoms with Crippen molar-refractivity contribution < 1.29 is 0 Å². The molecule has 0 radical (unpaired) electrons. The maximum atomic E-state index is 3.86. The van der Waals surface area contributed by atoms with Gasteiger partial charge in [-0.2, -0.15) is 0 Å². The number of rotatable bonds is 3. The zero-order chi connectivity index (χ0) is 9.84. The van der Waals surface area contributed by atoms with Crippen LogP contribution in [0, 0.1) is 0 Å². The van der Waals surface area contributed by atoms with Crippen molar-refractivity contribution in [1.82, 2.24) is 0 Å². The highest BCUT2D eigenvalue weighted by Crippen LogP contribution is 2.30. The molecule has 0 aliphatic rings. The molecular formula is C12H16S. The summed E-state index contributed by atoms with van der Waals surface area (Å²) in [5, 5.41) is 2.23. The molecule has 0 aliphatic heterocycles. The second kappa shape index (κ2) is 4.43. The Morgan fingerprint density at radius 1 is 1.46 bits per heavy atom. The highest BCUT2D eigenvalue weighted by Gasteiger charge is 2.08. The largest absolute Gasteiger partial charge is 0.144 e. The predicted octanol–water partition coefficient (Wildman–Crippen LogP) is 4.55. The van der Waals surface area contributed by atoms with Crippen LogP contribution in [0.1, 0.15) is 42.7 Å². The molecule has 0 saturated heterocycles. The van der Waals surface area contributed by atoms with Crippen molar-refractivity contribution in [2.45, 2.75) is 26.7 Å². The van der Waals surface area contributed by atoms with E-state index in [9.17, 15) is 0 Å². The molecule has 0 aliphatic carbocycles. The third kappa shape index (κ3) is 2.10. The van der Waals surface area contributed by atoms with Crippen molar-refractivity contribution in [2.75, 3.05) is 0 Å². The average molecular weight is 192 g/mol. The van der Waals surface area contributed by atoms with Crippen LogP contribution in [-0.2, 0) is 0 Å². The minimum atomic E-state index is 0.586. The second-order valence-electron chi connectivity index (χ2n) is 3.33. The monoisotopic (exact) mass is 192 g/mol. The maximum Gasteiger partial charge on any atom is 0.0342 e. The van der Waals surface area contributed by atoms with Gasteiger partial charge in [0.15, 0.2) is 0 Å². The molecule has 1 rings (SSSR count). The van der Waals surface area contributed by atoms with E-state index < -0.39 is 0 Å². The van der Waals surface area contributed by atoms with Gasteiger partial charge in [-0.25, -0.2) is 0 Å². The summed E-state index contributed by atoms with van der Waals surface area (Å²) in [6.07, 6.45) is 6.18. The van der Waals surface area contributed by atoms with Gasteiger partial charge in [-0.05, 0) is 35.4 Å². The molecular weight excluding hydrogens is 176 g/mol. The molecule has 0 amide bonds. The molecule has 1 heterocycles. The Kier molecular flexibility index (Phi) is 3.49. The summed E-state index contributed by atoms with van der Waals surface area (Å²) >= 11 is 1.80. The zero-order valence-electron chi connectivity index (χ0n) is 8.50. The topological polar surface area (TPSA) is 0 Å². The van der Waals surface area contributed by atoms with Crippen molar-refractivity contribution in [2.24, 2.45) is 0 Å². The zero-order valence-corrected chi connectivity index (χ0v) is 9.32. The van der Waals surface area contributed by atoms with E-state index in [0.717, 1.165) is 0 Å². The Hall–Kier alpha value is -0.820. The lowest BCUT2D eigenvalue weighted by molar-refractivity contribution is 0.869. The fourth-order valence-electron chi connectivity index (χ4n) is 1.34. The van der Waals surface area contributed by atoms with Gasteiger partial charge in [0.25, 0.3) is 0 Å². The summed E-state index contributed by atoms with van der Waals surface area (Å²) in [6.45, 7) is 10.3. The summed E-state index contributed by atoms with van der Waals surface area (Å²) in [5.41, 5.74) is 2.71. The molecule has 0 spiro atoms. The van der Waals surface area contributed by atoms with Crippen molar-refractivity contribution in [3.8, 4) is 0 Å². The molecule has 1 heteroatoms. The van der Waals surface area contributed by atoms with Crippen LogP contribution in [0.25, 0.3) is 12.2 Å².